The number of rotatable bonds is 3. The molecule has 1 amide bonds. The summed E-state index contributed by atoms with van der Waals surface area (Å²) >= 11 is 3.31. The summed E-state index contributed by atoms with van der Waals surface area (Å²) in [5.74, 6) is 5.62. The van der Waals surface area contributed by atoms with Crippen LogP contribution in [0.2, 0.25) is 0 Å². The Morgan fingerprint density at radius 1 is 1.55 bits per heavy atom. The molecule has 0 radical (unpaired) electrons. The van der Waals surface area contributed by atoms with Crippen LogP contribution in [0.15, 0.2) is 16.7 Å². The SMILES string of the molecule is NNc1ncc(Br)cc1C(=O)N1CCCCCC1CO. The molecule has 1 fully saturated rings. The third-order valence-electron chi connectivity index (χ3n) is 3.57. The number of hydrogen-bond acceptors (Lipinski definition) is 5. The largest absolute Gasteiger partial charge is 0.394 e. The summed E-state index contributed by atoms with van der Waals surface area (Å²) in [4.78, 5) is 18.5. The van der Waals surface area contributed by atoms with Crippen LogP contribution in [0.3, 0.4) is 0 Å². The number of hydrazine groups is 1. The van der Waals surface area contributed by atoms with E-state index in [9.17, 15) is 9.90 Å². The summed E-state index contributed by atoms with van der Waals surface area (Å²) in [7, 11) is 0. The second kappa shape index (κ2) is 7.01. The highest BCUT2D eigenvalue weighted by Crippen LogP contribution is 2.23. The molecule has 6 nitrogen and oxygen atoms in total. The van der Waals surface area contributed by atoms with Crippen LogP contribution in [0.5, 0.6) is 0 Å². The van der Waals surface area contributed by atoms with Gasteiger partial charge in [-0.1, -0.05) is 12.8 Å². The molecule has 4 N–H and O–H groups in total. The smallest absolute Gasteiger partial charge is 0.258 e. The Balaban J connectivity index is 2.30. The first-order chi connectivity index (χ1) is 9.67. The molecule has 7 heteroatoms. The highest BCUT2D eigenvalue weighted by atomic mass is 79.9. The number of likely N-dealkylation sites (tertiary alicyclic amines) is 1. The second-order valence-electron chi connectivity index (χ2n) is 4.88. The van der Waals surface area contributed by atoms with Gasteiger partial charge < -0.3 is 15.4 Å². The number of halogens is 1. The van der Waals surface area contributed by atoms with Gasteiger partial charge in [0, 0.05) is 17.2 Å². The Bertz CT molecular complexity index is 483. The fraction of sp³-hybridized carbons (Fsp3) is 0.538. The number of carbonyl (C=O) groups excluding carboxylic acids is 1. The van der Waals surface area contributed by atoms with Gasteiger partial charge in [0.05, 0.1) is 18.2 Å². The average molecular weight is 343 g/mol. The highest BCUT2D eigenvalue weighted by molar-refractivity contribution is 9.10. The van der Waals surface area contributed by atoms with Crippen LogP contribution in [0.1, 0.15) is 36.0 Å². The van der Waals surface area contributed by atoms with Gasteiger partial charge in [0.1, 0.15) is 0 Å². The molecular formula is C13H19BrN4O2. The van der Waals surface area contributed by atoms with Crippen molar-refractivity contribution in [3.05, 3.63) is 22.3 Å². The van der Waals surface area contributed by atoms with Gasteiger partial charge in [0.25, 0.3) is 5.91 Å². The van der Waals surface area contributed by atoms with Crippen molar-refractivity contribution >= 4 is 27.7 Å². The zero-order chi connectivity index (χ0) is 14.5. The normalized spacial score (nSPS) is 19.6. The lowest BCUT2D eigenvalue weighted by atomic mass is 10.1. The van der Waals surface area contributed by atoms with Crippen LogP contribution >= 0.6 is 15.9 Å². The van der Waals surface area contributed by atoms with Crippen molar-refractivity contribution < 1.29 is 9.90 Å². The van der Waals surface area contributed by atoms with E-state index in [4.69, 9.17) is 5.84 Å². The number of nitrogens with two attached hydrogens (primary N) is 1. The molecule has 0 aromatic carbocycles. The van der Waals surface area contributed by atoms with Gasteiger partial charge in [-0.3, -0.25) is 4.79 Å². The number of hydrogen-bond donors (Lipinski definition) is 3. The molecule has 1 aromatic heterocycles. The molecule has 2 heterocycles. The average Bonchev–Trinajstić information content (AvgIpc) is 2.71. The zero-order valence-electron chi connectivity index (χ0n) is 11.2. The van der Waals surface area contributed by atoms with E-state index >= 15 is 0 Å². The lowest BCUT2D eigenvalue weighted by Crippen LogP contribution is -2.42. The van der Waals surface area contributed by atoms with E-state index in [2.05, 4.69) is 26.3 Å². The number of nitrogens with one attached hydrogen (secondary N) is 1. The molecular weight excluding hydrogens is 324 g/mol. The van der Waals surface area contributed by atoms with E-state index in [-0.39, 0.29) is 18.6 Å². The molecule has 0 spiro atoms. The fourth-order valence-corrected chi connectivity index (χ4v) is 2.84. The third kappa shape index (κ3) is 3.28. The van der Waals surface area contributed by atoms with E-state index < -0.39 is 0 Å². The summed E-state index contributed by atoms with van der Waals surface area (Å²) in [5.41, 5.74) is 2.87. The molecule has 1 aliphatic rings. The third-order valence-corrected chi connectivity index (χ3v) is 4.00. The van der Waals surface area contributed by atoms with Crippen LogP contribution in [-0.2, 0) is 0 Å². The Kier molecular flexibility index (Phi) is 5.33. The number of nitrogens with zero attached hydrogens (tertiary/aromatic N) is 2. The molecule has 1 aliphatic heterocycles. The Morgan fingerprint density at radius 2 is 2.35 bits per heavy atom. The Hall–Kier alpha value is -1.18. The van der Waals surface area contributed by atoms with E-state index in [1.807, 2.05) is 0 Å². The summed E-state index contributed by atoms with van der Waals surface area (Å²) in [6.07, 6.45) is 5.48. The number of aliphatic hydroxyl groups excluding tert-OH is 1. The molecule has 1 saturated heterocycles. The molecule has 1 aromatic rings. The Labute approximate surface area is 126 Å². The van der Waals surface area contributed by atoms with E-state index in [0.29, 0.717) is 17.9 Å². The molecule has 20 heavy (non-hydrogen) atoms. The maximum Gasteiger partial charge on any atom is 0.258 e. The maximum absolute atomic E-state index is 12.7. The molecule has 1 unspecified atom stereocenters. The fourth-order valence-electron chi connectivity index (χ4n) is 2.51. The van der Waals surface area contributed by atoms with Gasteiger partial charge in [0.15, 0.2) is 5.82 Å². The molecule has 0 saturated carbocycles. The first kappa shape index (κ1) is 15.2. The van der Waals surface area contributed by atoms with Crippen LogP contribution < -0.4 is 11.3 Å². The van der Waals surface area contributed by atoms with Gasteiger partial charge in [-0.25, -0.2) is 10.8 Å². The molecule has 0 bridgehead atoms. The minimum atomic E-state index is -0.146. The van der Waals surface area contributed by atoms with Gasteiger partial charge in [-0.2, -0.15) is 0 Å². The van der Waals surface area contributed by atoms with Crippen molar-refractivity contribution in [2.45, 2.75) is 31.7 Å². The van der Waals surface area contributed by atoms with E-state index in [1.54, 1.807) is 17.2 Å². The van der Waals surface area contributed by atoms with Crippen molar-refractivity contribution in [3.63, 3.8) is 0 Å². The zero-order valence-corrected chi connectivity index (χ0v) is 12.8. The van der Waals surface area contributed by atoms with Crippen molar-refractivity contribution in [1.82, 2.24) is 9.88 Å². The van der Waals surface area contributed by atoms with Gasteiger partial charge in [0.2, 0.25) is 0 Å². The van der Waals surface area contributed by atoms with Crippen molar-refractivity contribution in [2.75, 3.05) is 18.6 Å². The predicted octanol–water partition coefficient (Wildman–Crippen LogP) is 1.51. The quantitative estimate of drug-likeness (QED) is 0.572. The first-order valence-corrected chi connectivity index (χ1v) is 7.50. The van der Waals surface area contributed by atoms with Crippen LogP contribution in [0.25, 0.3) is 0 Å². The molecule has 2 rings (SSSR count). The maximum atomic E-state index is 12.7. The van der Waals surface area contributed by atoms with Crippen molar-refractivity contribution in [2.24, 2.45) is 5.84 Å². The number of anilines is 1. The number of amides is 1. The van der Waals surface area contributed by atoms with Crippen molar-refractivity contribution in [1.29, 1.82) is 0 Å². The Morgan fingerprint density at radius 3 is 3.05 bits per heavy atom. The number of aliphatic hydroxyl groups is 1. The number of carbonyl (C=O) groups is 1. The monoisotopic (exact) mass is 342 g/mol. The van der Waals surface area contributed by atoms with Gasteiger partial charge in [-0.15, -0.1) is 0 Å². The summed E-state index contributed by atoms with van der Waals surface area (Å²) in [5, 5.41) is 9.50. The lowest BCUT2D eigenvalue weighted by Gasteiger charge is -2.29. The topological polar surface area (TPSA) is 91.5 Å². The van der Waals surface area contributed by atoms with E-state index in [0.717, 1.165) is 30.2 Å². The second-order valence-corrected chi connectivity index (χ2v) is 5.79. The van der Waals surface area contributed by atoms with Gasteiger partial charge >= 0.3 is 0 Å². The standard InChI is InChI=1S/C13H19BrN4O2/c14-9-6-11(12(17-15)16-7-9)13(20)18-5-3-1-2-4-10(18)8-19/h6-7,10,19H,1-5,8,15H2,(H,16,17). The highest BCUT2D eigenvalue weighted by Gasteiger charge is 2.27. The summed E-state index contributed by atoms with van der Waals surface area (Å²) in [6.45, 7) is 0.638. The minimum absolute atomic E-state index is 0.0153. The van der Waals surface area contributed by atoms with Gasteiger partial charge in [-0.05, 0) is 34.8 Å². The molecule has 1 atom stereocenters. The van der Waals surface area contributed by atoms with Crippen molar-refractivity contribution in [3.8, 4) is 0 Å². The first-order valence-electron chi connectivity index (χ1n) is 6.71. The molecule has 110 valence electrons. The predicted molar refractivity (Wildman–Crippen MR) is 80.1 cm³/mol. The molecule has 0 aliphatic carbocycles. The minimum Gasteiger partial charge on any atom is -0.394 e. The lowest BCUT2D eigenvalue weighted by molar-refractivity contribution is 0.0600. The number of aromatic nitrogens is 1. The van der Waals surface area contributed by atoms with Crippen LogP contribution in [-0.4, -0.2) is 40.1 Å². The number of nitrogen functional groups attached to an aromatic ring is 1. The van der Waals surface area contributed by atoms with Crippen LogP contribution in [0, 0.1) is 0 Å². The summed E-state index contributed by atoms with van der Waals surface area (Å²) < 4.78 is 0.718. The summed E-state index contributed by atoms with van der Waals surface area (Å²) in [6, 6.07) is 1.57. The number of pyridine rings is 1. The van der Waals surface area contributed by atoms with E-state index in [1.165, 1.54) is 0 Å². The van der Waals surface area contributed by atoms with Crippen LogP contribution in [0.4, 0.5) is 5.82 Å².